The average Bonchev–Trinajstić information content (AvgIpc) is 2.53. The van der Waals surface area contributed by atoms with E-state index >= 15 is 0 Å². The third kappa shape index (κ3) is 6.39. The van der Waals surface area contributed by atoms with Gasteiger partial charge in [-0.3, -0.25) is 0 Å². The van der Waals surface area contributed by atoms with Crippen molar-refractivity contribution in [2.45, 2.75) is 20.8 Å². The maximum absolute atomic E-state index is 10.8. The van der Waals surface area contributed by atoms with Crippen molar-refractivity contribution in [3.8, 4) is 0 Å². The zero-order chi connectivity index (χ0) is 19.1. The fraction of sp³-hybridized carbons (Fsp3) is 0.294. The first kappa shape index (κ1) is 20.4. The van der Waals surface area contributed by atoms with E-state index in [1.165, 1.54) is 12.1 Å². The number of hydrogen-bond donors (Lipinski definition) is 2. The number of aromatic nitrogens is 2. The van der Waals surface area contributed by atoms with Crippen LogP contribution in [0.5, 0.6) is 0 Å². The van der Waals surface area contributed by atoms with Gasteiger partial charge in [0, 0.05) is 25.0 Å². The number of hydrogen-bond acceptors (Lipinski definition) is 5. The Morgan fingerprint density at radius 3 is 1.92 bits per heavy atom. The summed E-state index contributed by atoms with van der Waals surface area (Å²) in [6.45, 7) is 6.28. The first-order valence-electron chi connectivity index (χ1n) is 7.44. The normalized spacial score (nSPS) is 9.80. The summed E-state index contributed by atoms with van der Waals surface area (Å²) in [5.41, 5.74) is 1.78. The molecule has 2 heterocycles. The number of rotatable bonds is 4. The van der Waals surface area contributed by atoms with E-state index in [0.717, 1.165) is 12.2 Å². The Bertz CT molecular complexity index is 760. The highest BCUT2D eigenvalue weighted by atomic mass is 35.5. The van der Waals surface area contributed by atoms with E-state index in [9.17, 15) is 9.59 Å². The van der Waals surface area contributed by atoms with E-state index in [2.05, 4.69) is 9.97 Å². The zero-order valence-corrected chi connectivity index (χ0v) is 15.2. The second-order valence-electron chi connectivity index (χ2n) is 5.30. The molecule has 2 aromatic heterocycles. The molecule has 0 atom stereocenters. The van der Waals surface area contributed by atoms with Crippen molar-refractivity contribution in [2.24, 2.45) is 0 Å². The summed E-state index contributed by atoms with van der Waals surface area (Å²) < 4.78 is 0. The molecule has 25 heavy (non-hydrogen) atoms. The summed E-state index contributed by atoms with van der Waals surface area (Å²) in [5.74, 6) is -1.21. The second kappa shape index (κ2) is 8.98. The Morgan fingerprint density at radius 1 is 1.00 bits per heavy atom. The number of pyridine rings is 2. The van der Waals surface area contributed by atoms with Crippen LogP contribution in [0.2, 0.25) is 5.15 Å². The Hall–Kier alpha value is -2.67. The van der Waals surface area contributed by atoms with Crippen molar-refractivity contribution in [1.29, 1.82) is 0 Å². The molecule has 0 bridgehead atoms. The van der Waals surface area contributed by atoms with Crippen molar-refractivity contribution in [3.63, 3.8) is 0 Å². The summed E-state index contributed by atoms with van der Waals surface area (Å²) in [7, 11) is 1.88. The smallest absolute Gasteiger partial charge is 0.335 e. The van der Waals surface area contributed by atoms with Crippen molar-refractivity contribution in [1.82, 2.24) is 9.97 Å². The van der Waals surface area contributed by atoms with Crippen LogP contribution in [0.1, 0.15) is 39.0 Å². The molecule has 0 fully saturated rings. The molecule has 0 aliphatic carbocycles. The number of anilines is 1. The largest absolute Gasteiger partial charge is 0.478 e. The Morgan fingerprint density at radius 2 is 1.48 bits per heavy atom. The SMILES string of the molecule is CCN(C)c1cc(C(=O)O)cc(C)n1.Cc1cc(C(=O)O)cc(Cl)n1. The molecule has 0 saturated heterocycles. The maximum Gasteiger partial charge on any atom is 0.335 e. The lowest BCUT2D eigenvalue weighted by atomic mass is 10.2. The van der Waals surface area contributed by atoms with Crippen LogP contribution in [0.3, 0.4) is 0 Å². The molecule has 0 unspecified atom stereocenters. The Labute approximate surface area is 150 Å². The average molecular weight is 366 g/mol. The summed E-state index contributed by atoms with van der Waals surface area (Å²) in [5, 5.41) is 17.6. The van der Waals surface area contributed by atoms with E-state index in [1.807, 2.05) is 18.9 Å². The van der Waals surface area contributed by atoms with Gasteiger partial charge in [-0.05, 0) is 45.0 Å². The molecule has 0 spiro atoms. The number of halogens is 1. The molecule has 0 aliphatic rings. The molecule has 8 heteroatoms. The number of carboxylic acid groups (broad SMARTS) is 2. The molecule has 0 radical (unpaired) electrons. The highest BCUT2D eigenvalue weighted by Gasteiger charge is 2.08. The van der Waals surface area contributed by atoms with Crippen LogP contribution in [0.15, 0.2) is 24.3 Å². The molecule has 134 valence electrons. The van der Waals surface area contributed by atoms with Gasteiger partial charge in [0.05, 0.1) is 11.1 Å². The molecule has 2 rings (SSSR count). The lowest BCUT2D eigenvalue weighted by molar-refractivity contribution is 0.0686. The molecule has 2 aromatic rings. The third-order valence-corrected chi connectivity index (χ3v) is 3.42. The highest BCUT2D eigenvalue weighted by molar-refractivity contribution is 6.29. The van der Waals surface area contributed by atoms with Crippen LogP contribution in [0, 0.1) is 13.8 Å². The number of aromatic carboxylic acids is 2. The minimum atomic E-state index is -0.989. The minimum absolute atomic E-state index is 0.169. The minimum Gasteiger partial charge on any atom is -0.478 e. The van der Waals surface area contributed by atoms with Crippen molar-refractivity contribution < 1.29 is 19.8 Å². The van der Waals surface area contributed by atoms with E-state index in [4.69, 9.17) is 21.8 Å². The molecule has 0 aliphatic heterocycles. The highest BCUT2D eigenvalue weighted by Crippen LogP contribution is 2.13. The van der Waals surface area contributed by atoms with Gasteiger partial charge < -0.3 is 15.1 Å². The van der Waals surface area contributed by atoms with Gasteiger partial charge in [-0.15, -0.1) is 0 Å². The molecule has 0 aromatic carbocycles. The summed E-state index contributed by atoms with van der Waals surface area (Å²) in [4.78, 5) is 31.2. The Balaban J connectivity index is 0.000000257. The van der Waals surface area contributed by atoms with E-state index in [0.29, 0.717) is 11.5 Å². The molecular formula is C17H20ClN3O4. The number of carboxylic acids is 2. The molecular weight excluding hydrogens is 346 g/mol. The van der Waals surface area contributed by atoms with Crippen molar-refractivity contribution in [3.05, 3.63) is 51.9 Å². The zero-order valence-electron chi connectivity index (χ0n) is 14.4. The topological polar surface area (TPSA) is 104 Å². The van der Waals surface area contributed by atoms with Crippen LogP contribution in [0.4, 0.5) is 5.82 Å². The van der Waals surface area contributed by atoms with Crippen LogP contribution < -0.4 is 4.90 Å². The fourth-order valence-corrected chi connectivity index (χ4v) is 2.13. The maximum atomic E-state index is 10.8. The monoisotopic (exact) mass is 365 g/mol. The summed E-state index contributed by atoms with van der Waals surface area (Å²) in [6.07, 6.45) is 0. The van der Waals surface area contributed by atoms with Gasteiger partial charge >= 0.3 is 11.9 Å². The molecule has 2 N–H and O–H groups in total. The van der Waals surface area contributed by atoms with Gasteiger partial charge in [0.1, 0.15) is 11.0 Å². The van der Waals surface area contributed by atoms with Gasteiger partial charge in [-0.25, -0.2) is 19.6 Å². The molecule has 0 amide bonds. The quantitative estimate of drug-likeness (QED) is 0.801. The standard InChI is InChI=1S/C10H14N2O2.C7H6ClNO2/c1-4-12(3)9-6-8(10(13)14)5-7(2)11-9;1-4-2-5(7(10)11)3-6(8)9-4/h5-6H,4H2,1-3H3,(H,13,14);2-3H,1H3,(H,10,11). The lowest BCUT2D eigenvalue weighted by Crippen LogP contribution is -2.18. The third-order valence-electron chi connectivity index (χ3n) is 3.22. The van der Waals surface area contributed by atoms with Gasteiger partial charge in [-0.2, -0.15) is 0 Å². The van der Waals surface area contributed by atoms with Gasteiger partial charge in [0.25, 0.3) is 0 Å². The number of nitrogens with zero attached hydrogens (tertiary/aromatic N) is 3. The van der Waals surface area contributed by atoms with E-state index < -0.39 is 11.9 Å². The Kier molecular flexibility index (Phi) is 7.32. The van der Waals surface area contributed by atoms with E-state index in [1.54, 1.807) is 26.0 Å². The van der Waals surface area contributed by atoms with Gasteiger partial charge in [0.15, 0.2) is 0 Å². The van der Waals surface area contributed by atoms with Crippen LogP contribution in [-0.2, 0) is 0 Å². The van der Waals surface area contributed by atoms with Crippen molar-refractivity contribution >= 4 is 29.4 Å². The predicted molar refractivity (Wildman–Crippen MR) is 95.8 cm³/mol. The van der Waals surface area contributed by atoms with Crippen LogP contribution in [-0.4, -0.2) is 45.7 Å². The van der Waals surface area contributed by atoms with Gasteiger partial charge in [-0.1, -0.05) is 11.6 Å². The number of carbonyl (C=O) groups is 2. The predicted octanol–water partition coefficient (Wildman–Crippen LogP) is 3.29. The molecule has 0 saturated carbocycles. The van der Waals surface area contributed by atoms with Crippen molar-refractivity contribution in [2.75, 3.05) is 18.5 Å². The van der Waals surface area contributed by atoms with Crippen LogP contribution in [0.25, 0.3) is 0 Å². The second-order valence-corrected chi connectivity index (χ2v) is 5.69. The first-order valence-corrected chi connectivity index (χ1v) is 7.82. The summed E-state index contributed by atoms with van der Waals surface area (Å²) in [6, 6.07) is 5.93. The first-order chi connectivity index (χ1) is 11.6. The molecule has 7 nitrogen and oxygen atoms in total. The number of aryl methyl sites for hydroxylation is 2. The van der Waals surface area contributed by atoms with Gasteiger partial charge in [0.2, 0.25) is 0 Å². The van der Waals surface area contributed by atoms with E-state index in [-0.39, 0.29) is 16.3 Å². The summed E-state index contributed by atoms with van der Waals surface area (Å²) >= 11 is 5.52. The lowest BCUT2D eigenvalue weighted by Gasteiger charge is -2.16. The van der Waals surface area contributed by atoms with Crippen LogP contribution >= 0.6 is 11.6 Å². The fourth-order valence-electron chi connectivity index (χ4n) is 1.88.